The van der Waals surface area contributed by atoms with Crippen LogP contribution in [0.3, 0.4) is 0 Å². The molecular formula is C11H20N2O2. The number of unbranched alkanes of at least 4 members (excludes halogenated alkanes) is 1. The predicted molar refractivity (Wildman–Crippen MR) is 57.7 cm³/mol. The summed E-state index contributed by atoms with van der Waals surface area (Å²) >= 11 is 0. The topological polar surface area (TPSA) is 66.6 Å². The lowest BCUT2D eigenvalue weighted by molar-refractivity contribution is 0.103. The van der Waals surface area contributed by atoms with Crippen LogP contribution < -0.4 is 5.73 Å². The van der Waals surface area contributed by atoms with Crippen LogP contribution in [0, 0.1) is 0 Å². The Morgan fingerprint density at radius 1 is 1.67 bits per heavy atom. The highest BCUT2D eigenvalue weighted by atomic mass is 16.4. The third-order valence-electron chi connectivity index (χ3n) is 4.06. The Balaban J connectivity index is 2.17. The average molecular weight is 212 g/mol. The number of rotatable bonds is 3. The maximum absolute atomic E-state index is 11.2. The summed E-state index contributed by atoms with van der Waals surface area (Å²) in [5.41, 5.74) is 5.88. The Bertz CT molecular complexity index is 269. The maximum Gasteiger partial charge on any atom is 0.408 e. The molecule has 86 valence electrons. The number of amides is 1. The van der Waals surface area contributed by atoms with Crippen LogP contribution in [0.5, 0.6) is 0 Å². The molecule has 0 aromatic carbocycles. The highest BCUT2D eigenvalue weighted by Gasteiger charge is 2.57. The zero-order chi connectivity index (χ0) is 11.1. The van der Waals surface area contributed by atoms with Crippen molar-refractivity contribution in [3.63, 3.8) is 0 Å². The summed E-state index contributed by atoms with van der Waals surface area (Å²) in [5.74, 6) is 0. The quantitative estimate of drug-likeness (QED) is 0.749. The summed E-state index contributed by atoms with van der Waals surface area (Å²) in [5, 5.41) is 9.25. The summed E-state index contributed by atoms with van der Waals surface area (Å²) in [6.07, 6.45) is 5.26. The van der Waals surface area contributed by atoms with Crippen LogP contribution in [0.4, 0.5) is 4.79 Å². The van der Waals surface area contributed by atoms with Crippen LogP contribution in [0.25, 0.3) is 0 Å². The Labute approximate surface area is 90.4 Å². The fourth-order valence-corrected chi connectivity index (χ4v) is 3.40. The fraction of sp³-hybridized carbons (Fsp3) is 0.909. The lowest BCUT2D eigenvalue weighted by atomic mass is 9.82. The third-order valence-corrected chi connectivity index (χ3v) is 4.06. The van der Waals surface area contributed by atoms with Crippen LogP contribution in [-0.2, 0) is 0 Å². The lowest BCUT2D eigenvalue weighted by Crippen LogP contribution is -2.44. The molecule has 0 spiro atoms. The number of hydrogen-bond acceptors (Lipinski definition) is 2. The molecule has 4 heteroatoms. The molecule has 0 aliphatic carbocycles. The van der Waals surface area contributed by atoms with Gasteiger partial charge in [-0.15, -0.1) is 0 Å². The highest BCUT2D eigenvalue weighted by molar-refractivity contribution is 5.68. The second kappa shape index (κ2) is 3.67. The summed E-state index contributed by atoms with van der Waals surface area (Å²) in [6.45, 7) is 2.14. The van der Waals surface area contributed by atoms with Crippen molar-refractivity contribution < 1.29 is 9.90 Å². The van der Waals surface area contributed by atoms with E-state index in [1.807, 2.05) is 0 Å². The molecule has 15 heavy (non-hydrogen) atoms. The molecule has 4 nitrogen and oxygen atoms in total. The molecular weight excluding hydrogens is 192 g/mol. The zero-order valence-electron chi connectivity index (χ0n) is 9.28. The average Bonchev–Trinajstić information content (AvgIpc) is 2.66. The Kier molecular flexibility index (Phi) is 2.63. The van der Waals surface area contributed by atoms with E-state index in [1.54, 1.807) is 4.90 Å². The maximum atomic E-state index is 11.2. The van der Waals surface area contributed by atoms with Gasteiger partial charge in [-0.1, -0.05) is 19.8 Å². The van der Waals surface area contributed by atoms with E-state index < -0.39 is 6.09 Å². The number of nitrogens with two attached hydrogens (primary N) is 1. The summed E-state index contributed by atoms with van der Waals surface area (Å²) in [6, 6.07) is 0.145. The first-order valence-corrected chi connectivity index (χ1v) is 5.88. The SMILES string of the molecule is CCCC[C@]12CC[C@H]([C@H](N)C1)N2C(=O)O. The minimum atomic E-state index is -0.776. The van der Waals surface area contributed by atoms with E-state index in [0.717, 1.165) is 38.5 Å². The Morgan fingerprint density at radius 3 is 2.93 bits per heavy atom. The van der Waals surface area contributed by atoms with E-state index in [2.05, 4.69) is 6.92 Å². The minimum Gasteiger partial charge on any atom is -0.465 e. The van der Waals surface area contributed by atoms with Gasteiger partial charge in [-0.3, -0.25) is 4.90 Å². The van der Waals surface area contributed by atoms with Crippen LogP contribution in [0.1, 0.15) is 45.4 Å². The van der Waals surface area contributed by atoms with E-state index >= 15 is 0 Å². The van der Waals surface area contributed by atoms with Gasteiger partial charge in [0.1, 0.15) is 0 Å². The fourth-order valence-electron chi connectivity index (χ4n) is 3.40. The highest BCUT2D eigenvalue weighted by Crippen LogP contribution is 2.48. The molecule has 2 aliphatic rings. The van der Waals surface area contributed by atoms with Crippen molar-refractivity contribution in [2.24, 2.45) is 5.73 Å². The van der Waals surface area contributed by atoms with Gasteiger partial charge in [0.05, 0.1) is 6.04 Å². The smallest absolute Gasteiger partial charge is 0.408 e. The summed E-state index contributed by atoms with van der Waals surface area (Å²) in [4.78, 5) is 12.9. The van der Waals surface area contributed by atoms with Crippen LogP contribution in [0.2, 0.25) is 0 Å². The standard InChI is InChI=1S/C11H20N2O2/c1-2-3-5-11-6-4-9(8(12)7-11)13(11)10(14)15/h8-9H,2-7,12H2,1H3,(H,14,15)/t8-,9-,11+/m1/s1. The van der Waals surface area contributed by atoms with Crippen molar-refractivity contribution in [2.75, 3.05) is 0 Å². The lowest BCUT2D eigenvalue weighted by Gasteiger charge is -2.32. The van der Waals surface area contributed by atoms with Gasteiger partial charge in [0.25, 0.3) is 0 Å². The number of carbonyl (C=O) groups is 1. The molecule has 0 radical (unpaired) electrons. The van der Waals surface area contributed by atoms with E-state index in [1.165, 1.54) is 0 Å². The van der Waals surface area contributed by atoms with Crippen LogP contribution in [-0.4, -0.2) is 33.7 Å². The summed E-state index contributed by atoms with van der Waals surface area (Å²) < 4.78 is 0. The molecule has 2 bridgehead atoms. The molecule has 2 aliphatic heterocycles. The largest absolute Gasteiger partial charge is 0.465 e. The van der Waals surface area contributed by atoms with Gasteiger partial charge < -0.3 is 10.8 Å². The van der Waals surface area contributed by atoms with Crippen LogP contribution >= 0.6 is 0 Å². The first-order chi connectivity index (χ1) is 7.10. The van der Waals surface area contributed by atoms with Crippen molar-refractivity contribution >= 4 is 6.09 Å². The zero-order valence-corrected chi connectivity index (χ0v) is 9.28. The van der Waals surface area contributed by atoms with E-state index in [0.29, 0.717) is 0 Å². The minimum absolute atomic E-state index is 0.0618. The molecule has 3 N–H and O–H groups in total. The van der Waals surface area contributed by atoms with Crippen LogP contribution in [0.15, 0.2) is 0 Å². The monoisotopic (exact) mass is 212 g/mol. The molecule has 2 fully saturated rings. The number of fused-ring (bicyclic) bond motifs is 2. The number of carboxylic acid groups (broad SMARTS) is 1. The molecule has 2 saturated heterocycles. The molecule has 2 rings (SSSR count). The first kappa shape index (κ1) is 10.7. The molecule has 1 amide bonds. The van der Waals surface area contributed by atoms with Crippen molar-refractivity contribution in [1.29, 1.82) is 0 Å². The molecule has 0 aromatic heterocycles. The molecule has 3 atom stereocenters. The van der Waals surface area contributed by atoms with Gasteiger partial charge in [-0.2, -0.15) is 0 Å². The van der Waals surface area contributed by atoms with E-state index in [4.69, 9.17) is 5.73 Å². The van der Waals surface area contributed by atoms with Gasteiger partial charge in [-0.25, -0.2) is 4.79 Å². The first-order valence-electron chi connectivity index (χ1n) is 5.88. The second-order valence-electron chi connectivity index (χ2n) is 4.95. The van der Waals surface area contributed by atoms with Gasteiger partial charge >= 0.3 is 6.09 Å². The van der Waals surface area contributed by atoms with E-state index in [-0.39, 0.29) is 17.6 Å². The van der Waals surface area contributed by atoms with Gasteiger partial charge in [0.15, 0.2) is 0 Å². The van der Waals surface area contributed by atoms with Gasteiger partial charge in [0, 0.05) is 11.6 Å². The molecule has 0 aromatic rings. The van der Waals surface area contributed by atoms with Gasteiger partial charge in [0.2, 0.25) is 0 Å². The normalized spacial score (nSPS) is 38.7. The van der Waals surface area contributed by atoms with Crippen molar-refractivity contribution in [2.45, 2.75) is 63.1 Å². The Hall–Kier alpha value is -0.770. The molecule has 0 saturated carbocycles. The van der Waals surface area contributed by atoms with E-state index in [9.17, 15) is 9.90 Å². The number of nitrogens with zero attached hydrogens (tertiary/aromatic N) is 1. The Morgan fingerprint density at radius 2 is 2.40 bits per heavy atom. The van der Waals surface area contributed by atoms with Crippen molar-refractivity contribution in [3.05, 3.63) is 0 Å². The van der Waals surface area contributed by atoms with Gasteiger partial charge in [-0.05, 0) is 25.7 Å². The third kappa shape index (κ3) is 1.51. The second-order valence-corrected chi connectivity index (χ2v) is 4.95. The molecule has 2 heterocycles. The van der Waals surface area contributed by atoms with Crippen molar-refractivity contribution in [3.8, 4) is 0 Å². The predicted octanol–water partition coefficient (Wildman–Crippen LogP) is 1.79. The number of hydrogen-bond donors (Lipinski definition) is 2. The van der Waals surface area contributed by atoms with Crippen molar-refractivity contribution in [1.82, 2.24) is 4.90 Å². The molecule has 0 unspecified atom stereocenters. The summed E-state index contributed by atoms with van der Waals surface area (Å²) in [7, 11) is 0.